The van der Waals surface area contributed by atoms with E-state index in [-0.39, 0.29) is 5.56 Å². The molecule has 5 heteroatoms. The highest BCUT2D eigenvalue weighted by Gasteiger charge is 2.05. The fourth-order valence-corrected chi connectivity index (χ4v) is 2.13. The van der Waals surface area contributed by atoms with Crippen LogP contribution in [0.15, 0.2) is 53.5 Å². The van der Waals surface area contributed by atoms with E-state index in [9.17, 15) is 9.59 Å². The first-order valence-electron chi connectivity index (χ1n) is 6.03. The van der Waals surface area contributed by atoms with Crippen LogP contribution in [0, 0.1) is 0 Å². The van der Waals surface area contributed by atoms with Crippen LogP contribution in [-0.2, 0) is 0 Å². The van der Waals surface area contributed by atoms with Gasteiger partial charge in [-0.2, -0.15) is 5.10 Å². The summed E-state index contributed by atoms with van der Waals surface area (Å²) in [5.41, 5.74) is 7.27. The molecule has 3 rings (SSSR count). The summed E-state index contributed by atoms with van der Waals surface area (Å²) in [6.07, 6.45) is 1.60. The average Bonchev–Trinajstić information content (AvgIpc) is 2.47. The molecular formula is C15H11N3O2. The van der Waals surface area contributed by atoms with Crippen LogP contribution in [-0.4, -0.2) is 16.1 Å². The minimum Gasteiger partial charge on any atom is -0.366 e. The molecule has 0 fully saturated rings. The molecule has 3 N–H and O–H groups in total. The van der Waals surface area contributed by atoms with Crippen molar-refractivity contribution in [3.05, 3.63) is 64.6 Å². The predicted molar refractivity (Wildman–Crippen MR) is 76.3 cm³/mol. The fourth-order valence-electron chi connectivity index (χ4n) is 2.13. The highest BCUT2D eigenvalue weighted by Crippen LogP contribution is 2.23. The van der Waals surface area contributed by atoms with Crippen molar-refractivity contribution in [1.82, 2.24) is 10.2 Å². The van der Waals surface area contributed by atoms with Gasteiger partial charge in [0.25, 0.3) is 5.56 Å². The van der Waals surface area contributed by atoms with E-state index in [1.165, 1.54) is 0 Å². The van der Waals surface area contributed by atoms with E-state index in [4.69, 9.17) is 5.73 Å². The number of nitrogens with zero attached hydrogens (tertiary/aromatic N) is 1. The Morgan fingerprint density at radius 1 is 1.10 bits per heavy atom. The first-order valence-corrected chi connectivity index (χ1v) is 6.03. The quantitative estimate of drug-likeness (QED) is 0.739. The summed E-state index contributed by atoms with van der Waals surface area (Å²) in [6.45, 7) is 0. The second-order valence-corrected chi connectivity index (χ2v) is 4.45. The van der Waals surface area contributed by atoms with Gasteiger partial charge in [-0.25, -0.2) is 5.10 Å². The van der Waals surface area contributed by atoms with Crippen molar-refractivity contribution >= 4 is 16.7 Å². The number of benzene rings is 2. The molecule has 0 spiro atoms. The maximum absolute atomic E-state index is 11.6. The summed E-state index contributed by atoms with van der Waals surface area (Å²) in [4.78, 5) is 22.8. The molecule has 2 aromatic carbocycles. The van der Waals surface area contributed by atoms with Gasteiger partial charge in [-0.1, -0.05) is 18.2 Å². The third-order valence-electron chi connectivity index (χ3n) is 3.15. The van der Waals surface area contributed by atoms with Crippen LogP contribution in [0.3, 0.4) is 0 Å². The van der Waals surface area contributed by atoms with Crippen LogP contribution in [0.5, 0.6) is 0 Å². The molecule has 0 aliphatic rings. The number of carbonyl (C=O) groups excluding carboxylic acids is 1. The van der Waals surface area contributed by atoms with Crippen LogP contribution < -0.4 is 11.3 Å². The molecule has 1 amide bonds. The third-order valence-corrected chi connectivity index (χ3v) is 3.15. The minimum absolute atomic E-state index is 0.222. The zero-order valence-corrected chi connectivity index (χ0v) is 10.5. The van der Waals surface area contributed by atoms with Crippen molar-refractivity contribution in [3.8, 4) is 11.1 Å². The van der Waals surface area contributed by atoms with Crippen molar-refractivity contribution in [1.29, 1.82) is 0 Å². The molecule has 98 valence electrons. The van der Waals surface area contributed by atoms with Crippen LogP contribution in [0.4, 0.5) is 0 Å². The third kappa shape index (κ3) is 2.05. The lowest BCUT2D eigenvalue weighted by Crippen LogP contribution is -2.10. The van der Waals surface area contributed by atoms with Crippen molar-refractivity contribution in [2.45, 2.75) is 0 Å². The summed E-state index contributed by atoms with van der Waals surface area (Å²) in [5.74, 6) is -0.467. The Bertz CT molecular complexity index is 868. The van der Waals surface area contributed by atoms with Crippen molar-refractivity contribution < 1.29 is 4.79 Å². The van der Waals surface area contributed by atoms with E-state index in [0.717, 1.165) is 16.5 Å². The molecule has 0 saturated carbocycles. The Morgan fingerprint density at radius 2 is 1.90 bits per heavy atom. The van der Waals surface area contributed by atoms with Crippen LogP contribution in [0.2, 0.25) is 0 Å². The van der Waals surface area contributed by atoms with Crippen molar-refractivity contribution in [3.63, 3.8) is 0 Å². The molecule has 0 bridgehead atoms. The van der Waals surface area contributed by atoms with E-state index in [0.29, 0.717) is 10.9 Å². The number of fused-ring (bicyclic) bond motifs is 1. The lowest BCUT2D eigenvalue weighted by Gasteiger charge is -2.05. The van der Waals surface area contributed by atoms with Crippen molar-refractivity contribution in [2.24, 2.45) is 5.73 Å². The van der Waals surface area contributed by atoms with Crippen LogP contribution in [0.1, 0.15) is 10.4 Å². The number of hydrogen-bond donors (Lipinski definition) is 2. The van der Waals surface area contributed by atoms with Gasteiger partial charge in [-0.3, -0.25) is 9.59 Å². The van der Waals surface area contributed by atoms with E-state index < -0.39 is 5.91 Å². The maximum Gasteiger partial charge on any atom is 0.272 e. The standard InChI is InChI=1S/C15H11N3O2/c16-14(19)11-3-1-2-9(6-11)10-4-5-13-12(7-10)8-17-18-15(13)20/h1-8H,(H2,16,19)(H,18,20). The first kappa shape index (κ1) is 12.1. The highest BCUT2D eigenvalue weighted by molar-refractivity contribution is 5.94. The van der Waals surface area contributed by atoms with Crippen LogP contribution >= 0.6 is 0 Å². The monoisotopic (exact) mass is 265 g/mol. The number of aromatic nitrogens is 2. The first-order chi connectivity index (χ1) is 9.65. The summed E-state index contributed by atoms with van der Waals surface area (Å²) in [6, 6.07) is 12.5. The summed E-state index contributed by atoms with van der Waals surface area (Å²) in [7, 11) is 0. The number of nitrogens with one attached hydrogen (secondary N) is 1. The Labute approximate surface area is 114 Å². The lowest BCUT2D eigenvalue weighted by atomic mass is 10.0. The summed E-state index contributed by atoms with van der Waals surface area (Å²) < 4.78 is 0. The topological polar surface area (TPSA) is 88.8 Å². The van der Waals surface area contributed by atoms with E-state index in [1.54, 1.807) is 30.5 Å². The van der Waals surface area contributed by atoms with Gasteiger partial charge in [0.05, 0.1) is 11.6 Å². The zero-order chi connectivity index (χ0) is 14.1. The normalized spacial score (nSPS) is 10.6. The fraction of sp³-hybridized carbons (Fsp3) is 0. The maximum atomic E-state index is 11.6. The molecule has 3 aromatic rings. The highest BCUT2D eigenvalue weighted by atomic mass is 16.1. The molecule has 0 aliphatic heterocycles. The minimum atomic E-state index is -0.467. The van der Waals surface area contributed by atoms with Gasteiger partial charge in [0, 0.05) is 10.9 Å². The lowest BCUT2D eigenvalue weighted by molar-refractivity contribution is 0.100. The molecule has 0 atom stereocenters. The number of primary amides is 1. The molecule has 20 heavy (non-hydrogen) atoms. The average molecular weight is 265 g/mol. The predicted octanol–water partition coefficient (Wildman–Crippen LogP) is 1.69. The SMILES string of the molecule is NC(=O)c1cccc(-c2ccc3c(=O)[nH]ncc3c2)c1. The Kier molecular flexibility index (Phi) is 2.80. The Hall–Kier alpha value is -2.95. The molecule has 0 saturated heterocycles. The molecule has 5 nitrogen and oxygen atoms in total. The van der Waals surface area contributed by atoms with E-state index in [2.05, 4.69) is 10.2 Å². The van der Waals surface area contributed by atoms with Gasteiger partial charge in [0.2, 0.25) is 5.91 Å². The number of H-pyrrole nitrogens is 1. The number of aromatic amines is 1. The second-order valence-electron chi connectivity index (χ2n) is 4.45. The Morgan fingerprint density at radius 3 is 2.70 bits per heavy atom. The number of hydrogen-bond acceptors (Lipinski definition) is 3. The smallest absolute Gasteiger partial charge is 0.272 e. The zero-order valence-electron chi connectivity index (χ0n) is 10.5. The van der Waals surface area contributed by atoms with Gasteiger partial charge >= 0.3 is 0 Å². The molecule has 1 heterocycles. The number of amides is 1. The number of carbonyl (C=O) groups is 1. The number of rotatable bonds is 2. The molecular weight excluding hydrogens is 254 g/mol. The van der Waals surface area contributed by atoms with Crippen molar-refractivity contribution in [2.75, 3.05) is 0 Å². The van der Waals surface area contributed by atoms with Gasteiger partial charge < -0.3 is 5.73 Å². The largest absolute Gasteiger partial charge is 0.366 e. The van der Waals surface area contributed by atoms with Gasteiger partial charge in [0.15, 0.2) is 0 Å². The molecule has 0 radical (unpaired) electrons. The summed E-state index contributed by atoms with van der Waals surface area (Å²) in [5, 5.41) is 7.50. The molecule has 0 unspecified atom stereocenters. The summed E-state index contributed by atoms with van der Waals surface area (Å²) >= 11 is 0. The number of nitrogens with two attached hydrogens (primary N) is 1. The second kappa shape index (κ2) is 4.62. The van der Waals surface area contributed by atoms with Gasteiger partial charge in [-0.15, -0.1) is 0 Å². The van der Waals surface area contributed by atoms with E-state index in [1.807, 2.05) is 18.2 Å². The van der Waals surface area contributed by atoms with Gasteiger partial charge in [0.1, 0.15) is 0 Å². The van der Waals surface area contributed by atoms with Crippen LogP contribution in [0.25, 0.3) is 21.9 Å². The van der Waals surface area contributed by atoms with Gasteiger partial charge in [-0.05, 0) is 35.4 Å². The Balaban J connectivity index is 2.17. The molecule has 1 aromatic heterocycles. The molecule has 0 aliphatic carbocycles. The van der Waals surface area contributed by atoms with E-state index >= 15 is 0 Å².